The molecule has 1 unspecified atom stereocenters. The molecule has 0 saturated heterocycles. The van der Waals surface area contributed by atoms with Gasteiger partial charge in [-0.05, 0) is 39.3 Å². The van der Waals surface area contributed by atoms with Crippen molar-refractivity contribution in [2.45, 2.75) is 58.5 Å². The maximum Gasteiger partial charge on any atom is 0.0396 e. The Hall–Kier alpha value is -0.120. The zero-order valence-corrected chi connectivity index (χ0v) is 11.3. The number of hydrazine groups is 1. The number of likely N-dealkylation sites (N-methyl/N-ethyl adjacent to an activating group) is 1. The molecule has 0 amide bonds. The highest BCUT2D eigenvalue weighted by molar-refractivity contribution is 4.96. The molecule has 92 valence electrons. The topological polar surface area (TPSA) is 41.3 Å². The highest BCUT2D eigenvalue weighted by Crippen LogP contribution is 2.28. The standard InChI is InChI=1S/C12H29N3/c1-7-12(8-2,15(5)6)11(14-13)9-10(3)4/h10-11,14H,7-9,13H2,1-6H3. The molecule has 0 rings (SSSR count). The van der Waals surface area contributed by atoms with Crippen molar-refractivity contribution in [3.63, 3.8) is 0 Å². The zero-order valence-electron chi connectivity index (χ0n) is 11.3. The van der Waals surface area contributed by atoms with Crippen molar-refractivity contribution in [3.05, 3.63) is 0 Å². The van der Waals surface area contributed by atoms with Crippen LogP contribution in [0.3, 0.4) is 0 Å². The predicted molar refractivity (Wildman–Crippen MR) is 67.6 cm³/mol. The SMILES string of the molecule is CCC(CC)(C(CC(C)C)NN)N(C)C. The van der Waals surface area contributed by atoms with Gasteiger partial charge in [0.2, 0.25) is 0 Å². The molecule has 0 bridgehead atoms. The van der Waals surface area contributed by atoms with E-state index < -0.39 is 0 Å². The van der Waals surface area contributed by atoms with E-state index in [-0.39, 0.29) is 5.54 Å². The summed E-state index contributed by atoms with van der Waals surface area (Å²) in [6, 6.07) is 0.363. The highest BCUT2D eigenvalue weighted by atomic mass is 15.3. The van der Waals surface area contributed by atoms with Crippen LogP contribution < -0.4 is 11.3 Å². The van der Waals surface area contributed by atoms with Crippen LogP contribution in [0.15, 0.2) is 0 Å². The molecule has 0 heterocycles. The van der Waals surface area contributed by atoms with E-state index in [1.807, 2.05) is 0 Å². The van der Waals surface area contributed by atoms with E-state index in [4.69, 9.17) is 5.84 Å². The van der Waals surface area contributed by atoms with Crippen LogP contribution in [-0.2, 0) is 0 Å². The summed E-state index contributed by atoms with van der Waals surface area (Å²) in [4.78, 5) is 2.32. The summed E-state index contributed by atoms with van der Waals surface area (Å²) in [6.07, 6.45) is 3.37. The fourth-order valence-electron chi connectivity index (χ4n) is 2.60. The third-order valence-corrected chi connectivity index (χ3v) is 3.67. The lowest BCUT2D eigenvalue weighted by atomic mass is 9.80. The molecule has 0 aliphatic rings. The molecule has 0 fully saturated rings. The largest absolute Gasteiger partial charge is 0.302 e. The lowest BCUT2D eigenvalue weighted by Crippen LogP contribution is -2.60. The Labute approximate surface area is 95.4 Å². The molecular weight excluding hydrogens is 186 g/mol. The second kappa shape index (κ2) is 6.46. The van der Waals surface area contributed by atoms with Gasteiger partial charge in [0.05, 0.1) is 0 Å². The third-order valence-electron chi connectivity index (χ3n) is 3.67. The molecule has 3 N–H and O–H groups in total. The molecule has 15 heavy (non-hydrogen) atoms. The summed E-state index contributed by atoms with van der Waals surface area (Å²) < 4.78 is 0. The molecule has 0 radical (unpaired) electrons. The monoisotopic (exact) mass is 215 g/mol. The van der Waals surface area contributed by atoms with Crippen molar-refractivity contribution in [1.82, 2.24) is 10.3 Å². The Morgan fingerprint density at radius 2 is 1.67 bits per heavy atom. The van der Waals surface area contributed by atoms with Crippen molar-refractivity contribution in [1.29, 1.82) is 0 Å². The molecule has 0 aromatic heterocycles. The van der Waals surface area contributed by atoms with Gasteiger partial charge in [0.25, 0.3) is 0 Å². The van der Waals surface area contributed by atoms with Crippen LogP contribution in [0.5, 0.6) is 0 Å². The number of hydrogen-bond donors (Lipinski definition) is 2. The quantitative estimate of drug-likeness (QED) is 0.504. The molecule has 1 atom stereocenters. The van der Waals surface area contributed by atoms with E-state index in [2.05, 4.69) is 52.1 Å². The smallest absolute Gasteiger partial charge is 0.0396 e. The summed E-state index contributed by atoms with van der Waals surface area (Å²) in [5, 5.41) is 0. The lowest BCUT2D eigenvalue weighted by molar-refractivity contribution is 0.0782. The summed E-state index contributed by atoms with van der Waals surface area (Å²) >= 11 is 0. The van der Waals surface area contributed by atoms with Crippen LogP contribution in [0.2, 0.25) is 0 Å². The molecule has 0 spiro atoms. The Bertz CT molecular complexity index is 162. The van der Waals surface area contributed by atoms with E-state index in [1.165, 1.54) is 0 Å². The molecule has 0 aliphatic heterocycles. The summed E-state index contributed by atoms with van der Waals surface area (Å²) in [5.74, 6) is 6.39. The van der Waals surface area contributed by atoms with Gasteiger partial charge in [-0.15, -0.1) is 0 Å². The van der Waals surface area contributed by atoms with Crippen molar-refractivity contribution in [2.24, 2.45) is 11.8 Å². The maximum absolute atomic E-state index is 5.72. The van der Waals surface area contributed by atoms with Crippen LogP contribution in [0.25, 0.3) is 0 Å². The summed E-state index contributed by atoms with van der Waals surface area (Å²) in [7, 11) is 4.30. The molecule has 0 aliphatic carbocycles. The van der Waals surface area contributed by atoms with E-state index in [9.17, 15) is 0 Å². The van der Waals surface area contributed by atoms with Gasteiger partial charge in [-0.1, -0.05) is 27.7 Å². The first-order chi connectivity index (χ1) is 6.94. The van der Waals surface area contributed by atoms with E-state index in [1.54, 1.807) is 0 Å². The molecule has 0 saturated carbocycles. The van der Waals surface area contributed by atoms with Gasteiger partial charge >= 0.3 is 0 Å². The minimum atomic E-state index is 0.180. The van der Waals surface area contributed by atoms with Gasteiger partial charge in [0.1, 0.15) is 0 Å². The van der Waals surface area contributed by atoms with Crippen LogP contribution in [0.4, 0.5) is 0 Å². The number of nitrogens with zero attached hydrogens (tertiary/aromatic N) is 1. The van der Waals surface area contributed by atoms with Gasteiger partial charge < -0.3 is 4.90 Å². The Balaban J connectivity index is 4.83. The number of hydrogen-bond acceptors (Lipinski definition) is 3. The maximum atomic E-state index is 5.72. The fourth-order valence-corrected chi connectivity index (χ4v) is 2.60. The van der Waals surface area contributed by atoms with E-state index >= 15 is 0 Å². The molecule has 0 aromatic rings. The van der Waals surface area contributed by atoms with Gasteiger partial charge in [-0.2, -0.15) is 0 Å². The highest BCUT2D eigenvalue weighted by Gasteiger charge is 2.37. The van der Waals surface area contributed by atoms with Crippen molar-refractivity contribution in [3.8, 4) is 0 Å². The van der Waals surface area contributed by atoms with Crippen LogP contribution in [-0.4, -0.2) is 30.6 Å². The second-order valence-corrected chi connectivity index (χ2v) is 5.05. The first-order valence-corrected chi connectivity index (χ1v) is 6.08. The molecule has 3 nitrogen and oxygen atoms in total. The molecule has 0 aromatic carbocycles. The minimum absolute atomic E-state index is 0.180. The van der Waals surface area contributed by atoms with Crippen LogP contribution in [0, 0.1) is 5.92 Å². The average Bonchev–Trinajstić information content (AvgIpc) is 2.17. The minimum Gasteiger partial charge on any atom is -0.302 e. The van der Waals surface area contributed by atoms with Crippen molar-refractivity contribution in [2.75, 3.05) is 14.1 Å². The van der Waals surface area contributed by atoms with Crippen LogP contribution >= 0.6 is 0 Å². The normalized spacial score (nSPS) is 15.0. The third kappa shape index (κ3) is 3.44. The first-order valence-electron chi connectivity index (χ1n) is 6.08. The van der Waals surface area contributed by atoms with E-state index in [0.29, 0.717) is 12.0 Å². The van der Waals surface area contributed by atoms with Gasteiger partial charge in [-0.3, -0.25) is 11.3 Å². The van der Waals surface area contributed by atoms with Crippen LogP contribution in [0.1, 0.15) is 47.0 Å². The number of nitrogens with two attached hydrogens (primary N) is 1. The van der Waals surface area contributed by atoms with Gasteiger partial charge in [0.15, 0.2) is 0 Å². The second-order valence-electron chi connectivity index (χ2n) is 5.05. The van der Waals surface area contributed by atoms with Crippen molar-refractivity contribution >= 4 is 0 Å². The van der Waals surface area contributed by atoms with Gasteiger partial charge in [0, 0.05) is 11.6 Å². The predicted octanol–water partition coefficient (Wildman–Crippen LogP) is 1.98. The number of nitrogens with one attached hydrogen (secondary N) is 1. The Morgan fingerprint density at radius 1 is 1.20 bits per heavy atom. The first kappa shape index (κ1) is 14.9. The Morgan fingerprint density at radius 3 is 1.87 bits per heavy atom. The summed E-state index contributed by atoms with van der Waals surface area (Å²) in [5.41, 5.74) is 3.20. The molecule has 3 heteroatoms. The van der Waals surface area contributed by atoms with E-state index in [0.717, 1.165) is 19.3 Å². The zero-order chi connectivity index (χ0) is 12.1. The average molecular weight is 215 g/mol. The molecular formula is C12H29N3. The fraction of sp³-hybridized carbons (Fsp3) is 1.00. The van der Waals surface area contributed by atoms with Gasteiger partial charge in [-0.25, -0.2) is 0 Å². The lowest BCUT2D eigenvalue weighted by Gasteiger charge is -2.45. The Kier molecular flexibility index (Phi) is 6.41. The van der Waals surface area contributed by atoms with Crippen molar-refractivity contribution < 1.29 is 0 Å². The summed E-state index contributed by atoms with van der Waals surface area (Å²) in [6.45, 7) is 8.98. The number of rotatable bonds is 7.